The van der Waals surface area contributed by atoms with Gasteiger partial charge < -0.3 is 10.2 Å². The number of nitrogens with one attached hydrogen (secondary N) is 1. The molecule has 1 aliphatic carbocycles. The van der Waals surface area contributed by atoms with Crippen LogP contribution in [0.2, 0.25) is 0 Å². The molecule has 1 saturated carbocycles. The molecular weight excluding hydrogens is 331 g/mol. The monoisotopic (exact) mass is 356 g/mol. The van der Waals surface area contributed by atoms with Crippen LogP contribution in [0.4, 0.5) is 10.2 Å². The van der Waals surface area contributed by atoms with Crippen LogP contribution >= 0.6 is 0 Å². The summed E-state index contributed by atoms with van der Waals surface area (Å²) in [7, 11) is 0. The molecule has 1 aliphatic heterocycles. The molecule has 0 unspecified atom stereocenters. The van der Waals surface area contributed by atoms with Gasteiger partial charge in [-0.15, -0.1) is 0 Å². The second kappa shape index (κ2) is 7.56. The lowest BCUT2D eigenvalue weighted by Gasteiger charge is -2.34. The normalized spacial score (nSPS) is 19.7. The van der Waals surface area contributed by atoms with Crippen molar-refractivity contribution < 1.29 is 9.18 Å². The molecule has 2 aliphatic rings. The van der Waals surface area contributed by atoms with Crippen LogP contribution in [0.15, 0.2) is 24.5 Å². The van der Waals surface area contributed by atoms with Crippen LogP contribution in [0.5, 0.6) is 0 Å². The number of hydrogen-bond donors (Lipinski definition) is 1. The molecule has 0 radical (unpaired) electrons. The van der Waals surface area contributed by atoms with Crippen LogP contribution in [0.1, 0.15) is 44.9 Å². The van der Waals surface area contributed by atoms with Gasteiger partial charge in [-0.05, 0) is 43.9 Å². The number of hydrogen-bond acceptors (Lipinski definition) is 4. The molecule has 1 N–H and O–H groups in total. The Morgan fingerprint density at radius 1 is 1.08 bits per heavy atom. The van der Waals surface area contributed by atoms with Gasteiger partial charge >= 0.3 is 0 Å². The maximum atomic E-state index is 13.6. The van der Waals surface area contributed by atoms with Crippen LogP contribution < -0.4 is 10.2 Å². The number of carbonyl (C=O) groups excluding carboxylic acids is 1. The Bertz CT molecular complexity index is 782. The van der Waals surface area contributed by atoms with Gasteiger partial charge in [-0.3, -0.25) is 4.79 Å². The molecule has 4 rings (SSSR count). The zero-order valence-corrected chi connectivity index (χ0v) is 15.0. The number of halogens is 1. The molecule has 0 bridgehead atoms. The lowest BCUT2D eigenvalue weighted by atomic mass is 9.88. The first-order chi connectivity index (χ1) is 12.7. The number of rotatable bonds is 3. The summed E-state index contributed by atoms with van der Waals surface area (Å²) < 4.78 is 13.6. The zero-order chi connectivity index (χ0) is 17.9. The Hall–Kier alpha value is -2.24. The Balaban J connectivity index is 1.39. The van der Waals surface area contributed by atoms with E-state index in [-0.39, 0.29) is 23.7 Å². The maximum Gasteiger partial charge on any atom is 0.223 e. The quantitative estimate of drug-likeness (QED) is 0.915. The second-order valence-electron chi connectivity index (χ2n) is 7.46. The van der Waals surface area contributed by atoms with Crippen LogP contribution in [0, 0.1) is 11.7 Å². The van der Waals surface area contributed by atoms with Crippen molar-refractivity contribution in [3.05, 3.63) is 30.3 Å². The van der Waals surface area contributed by atoms with Gasteiger partial charge in [-0.1, -0.05) is 19.3 Å². The van der Waals surface area contributed by atoms with E-state index in [0.29, 0.717) is 0 Å². The summed E-state index contributed by atoms with van der Waals surface area (Å²) in [6, 6.07) is 4.84. The van der Waals surface area contributed by atoms with Gasteiger partial charge in [-0.25, -0.2) is 14.4 Å². The summed E-state index contributed by atoms with van der Waals surface area (Å²) in [6.07, 6.45) is 8.98. The Labute approximate surface area is 153 Å². The van der Waals surface area contributed by atoms with Crippen LogP contribution in [0.25, 0.3) is 10.9 Å². The zero-order valence-electron chi connectivity index (χ0n) is 15.0. The summed E-state index contributed by atoms with van der Waals surface area (Å²) in [4.78, 5) is 23.2. The smallest absolute Gasteiger partial charge is 0.223 e. The molecule has 2 aromatic rings. The summed E-state index contributed by atoms with van der Waals surface area (Å²) in [6.45, 7) is 1.61. The van der Waals surface area contributed by atoms with Gasteiger partial charge in [-0.2, -0.15) is 0 Å². The van der Waals surface area contributed by atoms with Crippen molar-refractivity contribution >= 4 is 22.6 Å². The fraction of sp³-hybridized carbons (Fsp3) is 0.550. The molecule has 6 heteroatoms. The first-order valence-corrected chi connectivity index (χ1v) is 9.66. The SMILES string of the molecule is O=C(NC1CCN(c2ncnc3ccc(F)cc23)CC1)C1CCCCC1. The van der Waals surface area contributed by atoms with Crippen molar-refractivity contribution in [3.8, 4) is 0 Å². The molecule has 5 nitrogen and oxygen atoms in total. The van der Waals surface area contributed by atoms with E-state index in [9.17, 15) is 9.18 Å². The van der Waals surface area contributed by atoms with Crippen molar-refractivity contribution in [2.24, 2.45) is 5.92 Å². The minimum Gasteiger partial charge on any atom is -0.356 e. The van der Waals surface area contributed by atoms with E-state index in [1.54, 1.807) is 6.07 Å². The number of fused-ring (bicyclic) bond motifs is 1. The topological polar surface area (TPSA) is 58.1 Å². The van der Waals surface area contributed by atoms with Crippen molar-refractivity contribution in [3.63, 3.8) is 0 Å². The third kappa shape index (κ3) is 3.64. The molecule has 2 heterocycles. The molecule has 0 spiro atoms. The van der Waals surface area contributed by atoms with Gasteiger partial charge in [0.25, 0.3) is 0 Å². The van der Waals surface area contributed by atoms with E-state index in [4.69, 9.17) is 0 Å². The van der Waals surface area contributed by atoms with Gasteiger partial charge in [0.1, 0.15) is 18.0 Å². The van der Waals surface area contributed by atoms with E-state index in [1.165, 1.54) is 37.7 Å². The number of aromatic nitrogens is 2. The van der Waals surface area contributed by atoms with Gasteiger partial charge in [0, 0.05) is 30.4 Å². The van der Waals surface area contributed by atoms with Gasteiger partial charge in [0.2, 0.25) is 5.91 Å². The minimum absolute atomic E-state index is 0.204. The average Bonchev–Trinajstić information content (AvgIpc) is 2.69. The van der Waals surface area contributed by atoms with Crippen molar-refractivity contribution in [2.45, 2.75) is 51.0 Å². The number of amides is 1. The number of benzene rings is 1. The summed E-state index contributed by atoms with van der Waals surface area (Å²) in [5, 5.41) is 4.00. The van der Waals surface area contributed by atoms with Crippen molar-refractivity contribution in [2.75, 3.05) is 18.0 Å². The molecule has 1 amide bonds. The fourth-order valence-electron chi connectivity index (χ4n) is 4.19. The van der Waals surface area contributed by atoms with Crippen LogP contribution in [-0.4, -0.2) is 35.0 Å². The minimum atomic E-state index is -0.275. The molecule has 1 saturated heterocycles. The Morgan fingerprint density at radius 2 is 1.85 bits per heavy atom. The van der Waals surface area contributed by atoms with E-state index in [2.05, 4.69) is 20.2 Å². The Morgan fingerprint density at radius 3 is 2.62 bits per heavy atom. The molecule has 1 aromatic carbocycles. The van der Waals surface area contributed by atoms with E-state index in [0.717, 1.165) is 55.5 Å². The number of carbonyl (C=O) groups is 1. The van der Waals surface area contributed by atoms with Crippen LogP contribution in [0.3, 0.4) is 0 Å². The van der Waals surface area contributed by atoms with Crippen molar-refractivity contribution in [1.82, 2.24) is 15.3 Å². The molecular formula is C20H25FN4O. The van der Waals surface area contributed by atoms with Crippen molar-refractivity contribution in [1.29, 1.82) is 0 Å². The van der Waals surface area contributed by atoms with E-state index >= 15 is 0 Å². The standard InChI is InChI=1S/C20H25FN4O/c21-15-6-7-18-17(12-15)19(23-13-22-18)25-10-8-16(9-11-25)24-20(26)14-4-2-1-3-5-14/h6-7,12-14,16H,1-5,8-11H2,(H,24,26). The van der Waals surface area contributed by atoms with Gasteiger partial charge in [0.05, 0.1) is 5.52 Å². The summed E-state index contributed by atoms with van der Waals surface area (Å²) in [5.74, 6) is 0.947. The lowest BCUT2D eigenvalue weighted by Crippen LogP contribution is -2.46. The average molecular weight is 356 g/mol. The van der Waals surface area contributed by atoms with E-state index < -0.39 is 0 Å². The van der Waals surface area contributed by atoms with Gasteiger partial charge in [0.15, 0.2) is 0 Å². The Kier molecular flexibility index (Phi) is 5.00. The highest BCUT2D eigenvalue weighted by molar-refractivity contribution is 5.89. The van der Waals surface area contributed by atoms with E-state index in [1.807, 2.05) is 0 Å². The highest BCUT2D eigenvalue weighted by atomic mass is 19.1. The molecule has 138 valence electrons. The predicted octanol–water partition coefficient (Wildman–Crippen LogP) is 3.43. The third-order valence-electron chi connectivity index (χ3n) is 5.69. The highest BCUT2D eigenvalue weighted by Crippen LogP contribution is 2.27. The fourth-order valence-corrected chi connectivity index (χ4v) is 4.19. The molecule has 1 aromatic heterocycles. The molecule has 26 heavy (non-hydrogen) atoms. The molecule has 0 atom stereocenters. The first-order valence-electron chi connectivity index (χ1n) is 9.66. The van der Waals surface area contributed by atoms with Crippen LogP contribution in [-0.2, 0) is 4.79 Å². The summed E-state index contributed by atoms with van der Waals surface area (Å²) in [5.41, 5.74) is 0.754. The number of piperidine rings is 1. The molecule has 2 fully saturated rings. The number of nitrogens with zero attached hydrogens (tertiary/aromatic N) is 3. The third-order valence-corrected chi connectivity index (χ3v) is 5.69. The lowest BCUT2D eigenvalue weighted by molar-refractivity contribution is -0.126. The number of anilines is 1. The predicted molar refractivity (Wildman–Crippen MR) is 99.4 cm³/mol. The maximum absolute atomic E-state index is 13.6. The first kappa shape index (κ1) is 17.2. The summed E-state index contributed by atoms with van der Waals surface area (Å²) >= 11 is 0. The highest BCUT2D eigenvalue weighted by Gasteiger charge is 2.26. The second-order valence-corrected chi connectivity index (χ2v) is 7.46. The largest absolute Gasteiger partial charge is 0.356 e.